The lowest BCUT2D eigenvalue weighted by Gasteiger charge is -2.19. The Labute approximate surface area is 148 Å². The van der Waals surface area contributed by atoms with Crippen LogP contribution < -0.4 is 15.5 Å². The molecule has 0 saturated carbocycles. The maximum absolute atomic E-state index is 11.9. The molecule has 0 aromatic heterocycles. The molecule has 0 fully saturated rings. The van der Waals surface area contributed by atoms with Crippen LogP contribution in [0.15, 0.2) is 59.5 Å². The van der Waals surface area contributed by atoms with E-state index < -0.39 is 9.84 Å². The van der Waals surface area contributed by atoms with Crippen LogP contribution in [0.1, 0.15) is 6.42 Å². The van der Waals surface area contributed by atoms with Gasteiger partial charge in [0, 0.05) is 37.8 Å². The average Bonchev–Trinajstić information content (AvgIpc) is 2.59. The number of carbonyl (C=O) groups is 1. The van der Waals surface area contributed by atoms with Crippen molar-refractivity contribution >= 4 is 27.2 Å². The van der Waals surface area contributed by atoms with E-state index in [1.54, 1.807) is 12.1 Å². The fourth-order valence-corrected chi connectivity index (χ4v) is 2.92. The van der Waals surface area contributed by atoms with Crippen molar-refractivity contribution in [2.24, 2.45) is 0 Å². The summed E-state index contributed by atoms with van der Waals surface area (Å²) in [7, 11) is -1.22. The number of nitrogens with one attached hydrogen (secondary N) is 2. The number of anilines is 2. The predicted octanol–water partition coefficient (Wildman–Crippen LogP) is 2.74. The molecule has 2 rings (SSSR count). The van der Waals surface area contributed by atoms with Crippen molar-refractivity contribution in [1.29, 1.82) is 0 Å². The normalized spacial score (nSPS) is 11.0. The quantitative estimate of drug-likeness (QED) is 0.743. The molecule has 2 N–H and O–H groups in total. The highest BCUT2D eigenvalue weighted by atomic mass is 32.2. The highest BCUT2D eigenvalue weighted by Gasteiger charge is 2.07. The first-order valence-corrected chi connectivity index (χ1v) is 9.86. The molecular formula is C18H23N3O3S. The Morgan fingerprint density at radius 2 is 1.68 bits per heavy atom. The summed E-state index contributed by atoms with van der Waals surface area (Å²) in [5, 5.41) is 5.47. The Morgan fingerprint density at radius 3 is 2.28 bits per heavy atom. The molecule has 0 saturated heterocycles. The van der Waals surface area contributed by atoms with Gasteiger partial charge in [-0.3, -0.25) is 0 Å². The van der Waals surface area contributed by atoms with Gasteiger partial charge in [0.15, 0.2) is 9.84 Å². The number of para-hydroxylation sites is 1. The van der Waals surface area contributed by atoms with Crippen molar-refractivity contribution in [1.82, 2.24) is 5.32 Å². The van der Waals surface area contributed by atoms with Crippen LogP contribution >= 0.6 is 0 Å². The van der Waals surface area contributed by atoms with Gasteiger partial charge in [0.1, 0.15) is 0 Å². The molecular weight excluding hydrogens is 338 g/mol. The molecule has 2 aromatic carbocycles. The maximum atomic E-state index is 11.9. The largest absolute Gasteiger partial charge is 0.375 e. The summed E-state index contributed by atoms with van der Waals surface area (Å²) in [5.41, 5.74) is 1.68. The minimum atomic E-state index is -3.23. The fraction of sp³-hybridized carbons (Fsp3) is 0.278. The molecule has 0 aliphatic carbocycles. The summed E-state index contributed by atoms with van der Waals surface area (Å²) in [4.78, 5) is 14.2. The Hall–Kier alpha value is -2.54. The molecule has 2 amide bonds. The molecule has 0 unspecified atom stereocenters. The topological polar surface area (TPSA) is 78.5 Å². The molecule has 0 aliphatic heterocycles. The van der Waals surface area contributed by atoms with Crippen molar-refractivity contribution in [3.05, 3.63) is 54.6 Å². The minimum Gasteiger partial charge on any atom is -0.375 e. The van der Waals surface area contributed by atoms with Crippen LogP contribution in [0, 0.1) is 0 Å². The maximum Gasteiger partial charge on any atom is 0.319 e. The van der Waals surface area contributed by atoms with E-state index in [0.717, 1.165) is 24.9 Å². The van der Waals surface area contributed by atoms with Gasteiger partial charge < -0.3 is 15.5 Å². The lowest BCUT2D eigenvalue weighted by atomic mass is 10.3. The predicted molar refractivity (Wildman–Crippen MR) is 101 cm³/mol. The molecule has 134 valence electrons. The van der Waals surface area contributed by atoms with Gasteiger partial charge in [-0.2, -0.15) is 0 Å². The molecule has 0 spiro atoms. The second-order valence-electron chi connectivity index (χ2n) is 5.79. The van der Waals surface area contributed by atoms with E-state index in [-0.39, 0.29) is 10.9 Å². The number of benzene rings is 2. The van der Waals surface area contributed by atoms with Crippen molar-refractivity contribution in [2.75, 3.05) is 36.6 Å². The zero-order valence-corrected chi connectivity index (χ0v) is 15.2. The van der Waals surface area contributed by atoms with Gasteiger partial charge in [-0.25, -0.2) is 13.2 Å². The average molecular weight is 361 g/mol. The number of hydrogen-bond donors (Lipinski definition) is 2. The van der Waals surface area contributed by atoms with E-state index in [0.29, 0.717) is 12.2 Å². The molecule has 0 radical (unpaired) electrons. The van der Waals surface area contributed by atoms with Crippen LogP contribution in [0.3, 0.4) is 0 Å². The minimum absolute atomic E-state index is 0.224. The summed E-state index contributed by atoms with van der Waals surface area (Å²) < 4.78 is 22.8. The Morgan fingerprint density at radius 1 is 1.04 bits per heavy atom. The third kappa shape index (κ3) is 6.11. The third-order valence-corrected chi connectivity index (χ3v) is 4.82. The van der Waals surface area contributed by atoms with Crippen LogP contribution in [0.5, 0.6) is 0 Å². The zero-order chi connectivity index (χ0) is 18.3. The van der Waals surface area contributed by atoms with Gasteiger partial charge in [0.05, 0.1) is 4.90 Å². The van der Waals surface area contributed by atoms with Gasteiger partial charge >= 0.3 is 6.03 Å². The van der Waals surface area contributed by atoms with Crippen molar-refractivity contribution in [3.63, 3.8) is 0 Å². The van der Waals surface area contributed by atoms with E-state index in [1.165, 1.54) is 12.1 Å². The Kier molecular flexibility index (Phi) is 6.41. The molecule has 0 bridgehead atoms. The van der Waals surface area contributed by atoms with Crippen LogP contribution in [0.2, 0.25) is 0 Å². The monoisotopic (exact) mass is 361 g/mol. The Balaban J connectivity index is 1.72. The van der Waals surface area contributed by atoms with Crippen LogP contribution in [0.25, 0.3) is 0 Å². The Bertz CT molecular complexity index is 790. The summed E-state index contributed by atoms with van der Waals surface area (Å²) in [6, 6.07) is 15.8. The SMILES string of the molecule is CN(CCCNC(=O)Nc1ccc(S(C)(=O)=O)cc1)c1ccccc1. The first-order valence-electron chi connectivity index (χ1n) is 7.97. The second kappa shape index (κ2) is 8.53. The van der Waals surface area contributed by atoms with Crippen molar-refractivity contribution in [2.45, 2.75) is 11.3 Å². The number of carbonyl (C=O) groups excluding carboxylic acids is 1. The fourth-order valence-electron chi connectivity index (χ4n) is 2.29. The van der Waals surface area contributed by atoms with E-state index in [1.807, 2.05) is 37.4 Å². The molecule has 6 nitrogen and oxygen atoms in total. The number of nitrogens with zero attached hydrogens (tertiary/aromatic N) is 1. The van der Waals surface area contributed by atoms with E-state index >= 15 is 0 Å². The van der Waals surface area contributed by atoms with E-state index in [4.69, 9.17) is 0 Å². The molecule has 25 heavy (non-hydrogen) atoms. The summed E-state index contributed by atoms with van der Waals surface area (Å²) in [5.74, 6) is 0. The molecule has 0 heterocycles. The van der Waals surface area contributed by atoms with Crippen LogP contribution in [-0.4, -0.2) is 40.8 Å². The van der Waals surface area contributed by atoms with E-state index in [2.05, 4.69) is 15.5 Å². The molecule has 7 heteroatoms. The standard InChI is InChI=1S/C18H23N3O3S/c1-21(16-7-4-3-5-8-16)14-6-13-19-18(22)20-15-9-11-17(12-10-15)25(2,23)24/h3-5,7-12H,6,13-14H2,1-2H3,(H2,19,20,22). The van der Waals surface area contributed by atoms with Crippen molar-refractivity contribution < 1.29 is 13.2 Å². The lowest BCUT2D eigenvalue weighted by Crippen LogP contribution is -2.31. The number of hydrogen-bond acceptors (Lipinski definition) is 4. The molecule has 2 aromatic rings. The summed E-state index contributed by atoms with van der Waals surface area (Å²) >= 11 is 0. The third-order valence-electron chi connectivity index (χ3n) is 3.69. The van der Waals surface area contributed by atoms with Gasteiger partial charge in [-0.05, 0) is 42.8 Å². The number of amides is 2. The lowest BCUT2D eigenvalue weighted by molar-refractivity contribution is 0.252. The summed E-state index contributed by atoms with van der Waals surface area (Å²) in [6.07, 6.45) is 1.96. The van der Waals surface area contributed by atoms with Gasteiger partial charge in [-0.1, -0.05) is 18.2 Å². The van der Waals surface area contributed by atoms with Gasteiger partial charge in [0.25, 0.3) is 0 Å². The zero-order valence-electron chi connectivity index (χ0n) is 14.4. The number of rotatable bonds is 7. The van der Waals surface area contributed by atoms with Crippen molar-refractivity contribution in [3.8, 4) is 0 Å². The highest BCUT2D eigenvalue weighted by Crippen LogP contribution is 2.14. The molecule has 0 atom stereocenters. The van der Waals surface area contributed by atoms with Gasteiger partial charge in [-0.15, -0.1) is 0 Å². The summed E-state index contributed by atoms with van der Waals surface area (Å²) in [6.45, 7) is 1.37. The first-order chi connectivity index (χ1) is 11.9. The van der Waals surface area contributed by atoms with E-state index in [9.17, 15) is 13.2 Å². The van der Waals surface area contributed by atoms with Crippen LogP contribution in [0.4, 0.5) is 16.2 Å². The van der Waals surface area contributed by atoms with Gasteiger partial charge in [0.2, 0.25) is 0 Å². The highest BCUT2D eigenvalue weighted by molar-refractivity contribution is 7.90. The number of sulfone groups is 1. The second-order valence-corrected chi connectivity index (χ2v) is 7.80. The molecule has 0 aliphatic rings. The number of urea groups is 1. The first kappa shape index (κ1) is 18.8. The van der Waals surface area contributed by atoms with Crippen LogP contribution in [-0.2, 0) is 9.84 Å². The smallest absolute Gasteiger partial charge is 0.319 e.